The van der Waals surface area contributed by atoms with Crippen molar-refractivity contribution < 1.29 is 4.79 Å². The number of carbonyl (C=O) groups is 1. The van der Waals surface area contributed by atoms with Crippen LogP contribution in [0.4, 0.5) is 0 Å². The van der Waals surface area contributed by atoms with Gasteiger partial charge in [-0.1, -0.05) is 13.8 Å². The molecule has 0 bridgehead atoms. The fourth-order valence-corrected chi connectivity index (χ4v) is 1.62. The van der Waals surface area contributed by atoms with Crippen LogP contribution in [0.3, 0.4) is 0 Å². The molecule has 0 fully saturated rings. The zero-order valence-electron chi connectivity index (χ0n) is 10.4. The average molecular weight is 223 g/mol. The van der Waals surface area contributed by atoms with Gasteiger partial charge in [-0.3, -0.25) is 4.79 Å². The lowest BCUT2D eigenvalue weighted by Crippen LogP contribution is -2.35. The summed E-state index contributed by atoms with van der Waals surface area (Å²) in [5.41, 5.74) is 5.29. The molecular formula is C12H21N3O. The lowest BCUT2D eigenvalue weighted by atomic mass is 9.81. The quantitative estimate of drug-likeness (QED) is 0.790. The summed E-state index contributed by atoms with van der Waals surface area (Å²) in [4.78, 5) is 16.2. The molecule has 4 nitrogen and oxygen atoms in total. The van der Waals surface area contributed by atoms with Gasteiger partial charge in [0.15, 0.2) is 0 Å². The van der Waals surface area contributed by atoms with Crippen molar-refractivity contribution in [3.8, 4) is 0 Å². The number of aromatic nitrogens is 2. The molecule has 0 amide bonds. The second-order valence-corrected chi connectivity index (χ2v) is 4.50. The normalized spacial score (nSPS) is 14.8. The predicted molar refractivity (Wildman–Crippen MR) is 64.0 cm³/mol. The van der Waals surface area contributed by atoms with Gasteiger partial charge >= 0.3 is 0 Å². The second kappa shape index (κ2) is 5.25. The van der Waals surface area contributed by atoms with Crippen LogP contribution in [-0.4, -0.2) is 21.9 Å². The van der Waals surface area contributed by atoms with Gasteiger partial charge < -0.3 is 10.3 Å². The molecule has 0 aliphatic heterocycles. The molecule has 2 N–H and O–H groups in total. The molecule has 0 aromatic carbocycles. The minimum atomic E-state index is -0.370. The number of carbonyl (C=O) groups excluding carboxylic acids is 1. The van der Waals surface area contributed by atoms with Crippen molar-refractivity contribution in [3.05, 3.63) is 18.2 Å². The average Bonchev–Trinajstić information content (AvgIpc) is 2.70. The zero-order chi connectivity index (χ0) is 12.2. The molecule has 1 rings (SSSR count). The first-order chi connectivity index (χ1) is 7.53. The van der Waals surface area contributed by atoms with Crippen LogP contribution in [0, 0.1) is 5.41 Å². The summed E-state index contributed by atoms with van der Waals surface area (Å²) >= 11 is 0. The molecule has 16 heavy (non-hydrogen) atoms. The highest BCUT2D eigenvalue weighted by molar-refractivity contribution is 5.84. The fourth-order valence-electron chi connectivity index (χ4n) is 1.62. The van der Waals surface area contributed by atoms with Crippen molar-refractivity contribution in [3.63, 3.8) is 0 Å². The van der Waals surface area contributed by atoms with Gasteiger partial charge in [-0.25, -0.2) is 4.98 Å². The summed E-state index contributed by atoms with van der Waals surface area (Å²) in [6.07, 6.45) is 5.65. The number of aryl methyl sites for hydroxylation is 2. The standard InChI is InChI=1S/C12H21N3O/c1-4-12(2,9-13)10(16)5-6-11-14-7-8-15(11)3/h7-8H,4-6,9,13H2,1-3H3. The van der Waals surface area contributed by atoms with E-state index < -0.39 is 0 Å². The summed E-state index contributed by atoms with van der Waals surface area (Å²) in [5, 5.41) is 0. The monoisotopic (exact) mass is 223 g/mol. The Morgan fingerprint density at radius 3 is 2.75 bits per heavy atom. The number of hydrogen-bond donors (Lipinski definition) is 1. The third-order valence-electron chi connectivity index (χ3n) is 3.40. The van der Waals surface area contributed by atoms with Gasteiger partial charge in [-0.05, 0) is 6.42 Å². The van der Waals surface area contributed by atoms with E-state index in [0.717, 1.165) is 12.2 Å². The molecule has 1 heterocycles. The van der Waals surface area contributed by atoms with Gasteiger partial charge in [-0.2, -0.15) is 0 Å². The van der Waals surface area contributed by atoms with E-state index in [2.05, 4.69) is 4.98 Å². The first kappa shape index (κ1) is 12.9. The van der Waals surface area contributed by atoms with Gasteiger partial charge in [0.25, 0.3) is 0 Å². The Labute approximate surface area is 96.9 Å². The van der Waals surface area contributed by atoms with E-state index in [-0.39, 0.29) is 11.2 Å². The van der Waals surface area contributed by atoms with Crippen molar-refractivity contribution in [1.29, 1.82) is 0 Å². The number of rotatable bonds is 6. The van der Waals surface area contributed by atoms with Gasteiger partial charge in [0.05, 0.1) is 0 Å². The number of nitrogens with zero attached hydrogens (tertiary/aromatic N) is 2. The van der Waals surface area contributed by atoms with Crippen LogP contribution >= 0.6 is 0 Å². The lowest BCUT2D eigenvalue weighted by molar-refractivity contribution is -0.127. The number of ketones is 1. The topological polar surface area (TPSA) is 60.9 Å². The summed E-state index contributed by atoms with van der Waals surface area (Å²) in [6, 6.07) is 0. The Morgan fingerprint density at radius 1 is 1.62 bits per heavy atom. The molecule has 0 saturated heterocycles. The molecule has 1 aromatic rings. The zero-order valence-corrected chi connectivity index (χ0v) is 10.4. The van der Waals surface area contributed by atoms with E-state index >= 15 is 0 Å². The maximum Gasteiger partial charge on any atom is 0.140 e. The van der Waals surface area contributed by atoms with Crippen LogP contribution in [-0.2, 0) is 18.3 Å². The third-order valence-corrected chi connectivity index (χ3v) is 3.40. The maximum absolute atomic E-state index is 12.0. The Balaban J connectivity index is 2.56. The van der Waals surface area contributed by atoms with Crippen LogP contribution in [0.5, 0.6) is 0 Å². The van der Waals surface area contributed by atoms with E-state index in [1.165, 1.54) is 0 Å². The van der Waals surface area contributed by atoms with E-state index in [1.807, 2.05) is 31.7 Å². The smallest absolute Gasteiger partial charge is 0.140 e. The largest absolute Gasteiger partial charge is 0.338 e. The second-order valence-electron chi connectivity index (χ2n) is 4.50. The van der Waals surface area contributed by atoms with Crippen molar-refractivity contribution in [2.24, 2.45) is 18.2 Å². The maximum atomic E-state index is 12.0. The molecular weight excluding hydrogens is 202 g/mol. The van der Waals surface area contributed by atoms with Gasteiger partial charge in [-0.15, -0.1) is 0 Å². The molecule has 0 spiro atoms. The van der Waals surface area contributed by atoms with E-state index in [4.69, 9.17) is 5.73 Å². The van der Waals surface area contributed by atoms with Gasteiger partial charge in [0.1, 0.15) is 11.6 Å². The van der Waals surface area contributed by atoms with E-state index in [9.17, 15) is 4.79 Å². The first-order valence-electron chi connectivity index (χ1n) is 5.73. The molecule has 0 saturated carbocycles. The summed E-state index contributed by atoms with van der Waals surface area (Å²) < 4.78 is 1.94. The van der Waals surface area contributed by atoms with Crippen molar-refractivity contribution >= 4 is 5.78 Å². The van der Waals surface area contributed by atoms with E-state index in [1.54, 1.807) is 6.20 Å². The highest BCUT2D eigenvalue weighted by atomic mass is 16.1. The summed E-state index contributed by atoms with van der Waals surface area (Å²) in [5.74, 6) is 1.18. The Hall–Kier alpha value is -1.16. The third kappa shape index (κ3) is 2.70. The van der Waals surface area contributed by atoms with Gasteiger partial charge in [0.2, 0.25) is 0 Å². The van der Waals surface area contributed by atoms with Crippen LogP contribution in [0.25, 0.3) is 0 Å². The minimum absolute atomic E-state index is 0.237. The van der Waals surface area contributed by atoms with Crippen molar-refractivity contribution in [2.75, 3.05) is 6.54 Å². The highest BCUT2D eigenvalue weighted by Gasteiger charge is 2.28. The molecule has 1 unspecified atom stereocenters. The van der Waals surface area contributed by atoms with Crippen LogP contribution in [0.15, 0.2) is 12.4 Å². The Morgan fingerprint density at radius 2 is 2.31 bits per heavy atom. The van der Waals surface area contributed by atoms with Crippen LogP contribution in [0.2, 0.25) is 0 Å². The minimum Gasteiger partial charge on any atom is -0.338 e. The Kier molecular flexibility index (Phi) is 4.24. The molecule has 0 aliphatic carbocycles. The SMILES string of the molecule is CCC(C)(CN)C(=O)CCc1nccn1C. The van der Waals surface area contributed by atoms with Crippen molar-refractivity contribution in [1.82, 2.24) is 9.55 Å². The number of hydrogen-bond acceptors (Lipinski definition) is 3. The number of nitrogens with two attached hydrogens (primary N) is 1. The molecule has 90 valence electrons. The van der Waals surface area contributed by atoms with Crippen molar-refractivity contribution in [2.45, 2.75) is 33.1 Å². The summed E-state index contributed by atoms with van der Waals surface area (Å²) in [6.45, 7) is 4.36. The summed E-state index contributed by atoms with van der Waals surface area (Å²) in [7, 11) is 1.94. The van der Waals surface area contributed by atoms with Gasteiger partial charge in [0, 0.05) is 44.2 Å². The number of Topliss-reactive ketones (excluding diaryl/α,β-unsaturated/α-hetero) is 1. The highest BCUT2D eigenvalue weighted by Crippen LogP contribution is 2.22. The molecule has 1 aromatic heterocycles. The molecule has 1 atom stereocenters. The molecule has 0 radical (unpaired) electrons. The predicted octanol–water partition coefficient (Wildman–Crippen LogP) is 1.30. The lowest BCUT2D eigenvalue weighted by Gasteiger charge is -2.24. The molecule has 4 heteroatoms. The molecule has 0 aliphatic rings. The van der Waals surface area contributed by atoms with Crippen LogP contribution < -0.4 is 5.73 Å². The van der Waals surface area contributed by atoms with E-state index in [0.29, 0.717) is 19.4 Å². The van der Waals surface area contributed by atoms with Crippen LogP contribution in [0.1, 0.15) is 32.5 Å². The Bertz CT molecular complexity index is 353. The first-order valence-corrected chi connectivity index (χ1v) is 5.73. The fraction of sp³-hybridized carbons (Fsp3) is 0.667. The number of imidazole rings is 1.